The van der Waals surface area contributed by atoms with Gasteiger partial charge in [-0.3, -0.25) is 19.5 Å². The number of hydrogen-bond donors (Lipinski definition) is 1. The summed E-state index contributed by atoms with van der Waals surface area (Å²) in [7, 11) is 0. The van der Waals surface area contributed by atoms with Gasteiger partial charge in [-0.25, -0.2) is 4.39 Å². The van der Waals surface area contributed by atoms with E-state index in [0.717, 1.165) is 43.9 Å². The van der Waals surface area contributed by atoms with E-state index in [1.165, 1.54) is 18.2 Å². The van der Waals surface area contributed by atoms with Gasteiger partial charge in [-0.15, -0.1) is 10.2 Å². The maximum absolute atomic E-state index is 13.9. The number of nitro groups is 1. The molecule has 1 aromatic carbocycles. The van der Waals surface area contributed by atoms with Crippen LogP contribution < -0.4 is 5.32 Å². The maximum atomic E-state index is 13.9. The molecule has 31 heavy (non-hydrogen) atoms. The van der Waals surface area contributed by atoms with Gasteiger partial charge in [-0.2, -0.15) is 0 Å². The fraction of sp³-hybridized carbons (Fsp3) is 0.350. The average molecular weight is 445 g/mol. The van der Waals surface area contributed by atoms with Gasteiger partial charge in [0.1, 0.15) is 5.82 Å². The molecule has 0 aliphatic heterocycles. The zero-order valence-corrected chi connectivity index (χ0v) is 17.3. The Bertz CT molecular complexity index is 1080. The second-order valence-corrected chi connectivity index (χ2v) is 8.15. The van der Waals surface area contributed by atoms with Crippen molar-refractivity contribution in [2.75, 3.05) is 11.1 Å². The van der Waals surface area contributed by atoms with Crippen molar-refractivity contribution in [3.05, 3.63) is 52.5 Å². The summed E-state index contributed by atoms with van der Waals surface area (Å²) in [6.45, 7) is 0. The average Bonchev–Trinajstić information content (AvgIpc) is 3.44. The van der Waals surface area contributed by atoms with Crippen molar-refractivity contribution in [3.8, 4) is 11.6 Å². The van der Waals surface area contributed by atoms with E-state index in [1.54, 1.807) is 12.3 Å². The van der Waals surface area contributed by atoms with E-state index in [-0.39, 0.29) is 23.2 Å². The van der Waals surface area contributed by atoms with E-state index in [0.29, 0.717) is 16.7 Å². The highest BCUT2D eigenvalue weighted by Crippen LogP contribution is 2.35. The SMILES string of the molecule is O=C(CSc1nnc(-c2ccco2)n1C1CCCCC1)Nc1cc([N+](=O)[O-])ccc1F. The topological polar surface area (TPSA) is 116 Å². The van der Waals surface area contributed by atoms with Gasteiger partial charge in [-0.05, 0) is 31.0 Å². The molecule has 162 valence electrons. The molecule has 0 radical (unpaired) electrons. The third-order valence-electron chi connectivity index (χ3n) is 5.11. The molecule has 1 fully saturated rings. The van der Waals surface area contributed by atoms with Crippen molar-refractivity contribution in [3.63, 3.8) is 0 Å². The van der Waals surface area contributed by atoms with Gasteiger partial charge in [0.2, 0.25) is 11.7 Å². The fourth-order valence-electron chi connectivity index (χ4n) is 3.66. The third-order valence-corrected chi connectivity index (χ3v) is 6.06. The Morgan fingerprint density at radius 3 is 2.81 bits per heavy atom. The first-order valence-electron chi connectivity index (χ1n) is 9.88. The first-order valence-corrected chi connectivity index (χ1v) is 10.9. The van der Waals surface area contributed by atoms with Gasteiger partial charge in [0.15, 0.2) is 10.9 Å². The maximum Gasteiger partial charge on any atom is 0.271 e. The normalized spacial score (nSPS) is 14.5. The number of carbonyl (C=O) groups is 1. The molecule has 0 atom stereocenters. The summed E-state index contributed by atoms with van der Waals surface area (Å²) in [5.74, 6) is -0.0698. The molecule has 1 saturated carbocycles. The highest BCUT2D eigenvalue weighted by molar-refractivity contribution is 7.99. The van der Waals surface area contributed by atoms with E-state index in [4.69, 9.17) is 4.42 Å². The highest BCUT2D eigenvalue weighted by Gasteiger charge is 2.25. The second-order valence-electron chi connectivity index (χ2n) is 7.20. The van der Waals surface area contributed by atoms with E-state index >= 15 is 0 Å². The van der Waals surface area contributed by atoms with Gasteiger partial charge in [0.05, 0.1) is 22.6 Å². The molecule has 2 aromatic heterocycles. The molecule has 0 spiro atoms. The Morgan fingerprint density at radius 1 is 1.29 bits per heavy atom. The second kappa shape index (κ2) is 9.29. The molecule has 3 aromatic rings. The van der Waals surface area contributed by atoms with Gasteiger partial charge >= 0.3 is 0 Å². The van der Waals surface area contributed by atoms with Crippen LogP contribution in [0.2, 0.25) is 0 Å². The number of benzene rings is 1. The summed E-state index contributed by atoms with van der Waals surface area (Å²) in [5.41, 5.74) is -0.533. The number of rotatable bonds is 7. The molecule has 9 nitrogen and oxygen atoms in total. The number of non-ortho nitro benzene ring substituents is 1. The number of furan rings is 1. The molecule has 1 aliphatic carbocycles. The van der Waals surface area contributed by atoms with Gasteiger partial charge < -0.3 is 9.73 Å². The number of amides is 1. The van der Waals surface area contributed by atoms with Crippen LogP contribution in [0.3, 0.4) is 0 Å². The van der Waals surface area contributed by atoms with Crippen LogP contribution in [-0.4, -0.2) is 31.3 Å². The molecule has 2 heterocycles. The van der Waals surface area contributed by atoms with E-state index in [9.17, 15) is 19.3 Å². The molecule has 0 bridgehead atoms. The zero-order chi connectivity index (χ0) is 21.8. The van der Waals surface area contributed by atoms with Crippen molar-refractivity contribution < 1.29 is 18.5 Å². The van der Waals surface area contributed by atoms with Gasteiger partial charge in [0, 0.05) is 18.2 Å². The highest BCUT2D eigenvalue weighted by atomic mass is 32.2. The minimum absolute atomic E-state index is 0.0505. The molecular weight excluding hydrogens is 425 g/mol. The standard InChI is InChI=1S/C20H20FN5O4S/c21-15-9-8-14(26(28)29)11-16(15)22-18(27)12-31-20-24-23-19(17-7-4-10-30-17)25(20)13-5-2-1-3-6-13/h4,7-11,13H,1-3,5-6,12H2,(H,22,27). The first-order chi connectivity index (χ1) is 15.0. The summed E-state index contributed by atoms with van der Waals surface area (Å²) < 4.78 is 21.5. The lowest BCUT2D eigenvalue weighted by Gasteiger charge is -2.25. The Morgan fingerprint density at radius 2 is 2.10 bits per heavy atom. The van der Waals surface area contributed by atoms with Crippen LogP contribution in [-0.2, 0) is 4.79 Å². The molecule has 4 rings (SSSR count). The Labute approximate surface area is 181 Å². The number of anilines is 1. The summed E-state index contributed by atoms with van der Waals surface area (Å²) in [4.78, 5) is 22.6. The summed E-state index contributed by atoms with van der Waals surface area (Å²) >= 11 is 1.18. The first kappa shape index (κ1) is 21.0. The monoisotopic (exact) mass is 445 g/mol. The van der Waals surface area contributed by atoms with E-state index in [2.05, 4.69) is 15.5 Å². The van der Waals surface area contributed by atoms with Crippen LogP contribution in [0.5, 0.6) is 0 Å². The number of nitro benzene ring substituents is 1. The lowest BCUT2D eigenvalue weighted by molar-refractivity contribution is -0.384. The Balaban J connectivity index is 1.50. The van der Waals surface area contributed by atoms with Crippen LogP contribution in [0.15, 0.2) is 46.2 Å². The molecule has 0 saturated heterocycles. The Kier molecular flexibility index (Phi) is 6.31. The number of hydrogen-bond acceptors (Lipinski definition) is 7. The molecular formula is C20H20FN5O4S. The summed E-state index contributed by atoms with van der Waals surface area (Å²) in [6, 6.07) is 6.80. The quantitative estimate of drug-likeness (QED) is 0.315. The largest absolute Gasteiger partial charge is 0.461 e. The number of nitrogens with one attached hydrogen (secondary N) is 1. The van der Waals surface area contributed by atoms with Crippen LogP contribution >= 0.6 is 11.8 Å². The number of aromatic nitrogens is 3. The molecule has 0 unspecified atom stereocenters. The number of thioether (sulfide) groups is 1. The van der Waals surface area contributed by atoms with Gasteiger partial charge in [-0.1, -0.05) is 31.0 Å². The lowest BCUT2D eigenvalue weighted by atomic mass is 9.95. The minimum Gasteiger partial charge on any atom is -0.461 e. The zero-order valence-electron chi connectivity index (χ0n) is 16.5. The van der Waals surface area contributed by atoms with Gasteiger partial charge in [0.25, 0.3) is 5.69 Å². The van der Waals surface area contributed by atoms with E-state index in [1.807, 2.05) is 10.6 Å². The fourth-order valence-corrected chi connectivity index (χ4v) is 4.46. The van der Waals surface area contributed by atoms with E-state index < -0.39 is 16.6 Å². The molecule has 1 aliphatic rings. The lowest BCUT2D eigenvalue weighted by Crippen LogP contribution is -2.18. The van der Waals surface area contributed by atoms with Crippen molar-refractivity contribution in [2.45, 2.75) is 43.3 Å². The van der Waals surface area contributed by atoms with Crippen LogP contribution in [0, 0.1) is 15.9 Å². The van der Waals surface area contributed by atoms with Crippen molar-refractivity contribution in [2.24, 2.45) is 0 Å². The van der Waals surface area contributed by atoms with Crippen LogP contribution in [0.4, 0.5) is 15.8 Å². The summed E-state index contributed by atoms with van der Waals surface area (Å²) in [5, 5.41) is 22.4. The predicted octanol–water partition coefficient (Wildman–Crippen LogP) is 4.82. The third kappa shape index (κ3) is 4.76. The molecule has 11 heteroatoms. The predicted molar refractivity (Wildman–Crippen MR) is 112 cm³/mol. The van der Waals surface area contributed by atoms with Crippen molar-refractivity contribution in [1.82, 2.24) is 14.8 Å². The number of carbonyl (C=O) groups excluding carboxylic acids is 1. The minimum atomic E-state index is -0.741. The molecule has 1 N–H and O–H groups in total. The van der Waals surface area contributed by atoms with Crippen molar-refractivity contribution >= 4 is 29.0 Å². The van der Waals surface area contributed by atoms with Crippen LogP contribution in [0.1, 0.15) is 38.1 Å². The van der Waals surface area contributed by atoms with Crippen LogP contribution in [0.25, 0.3) is 11.6 Å². The smallest absolute Gasteiger partial charge is 0.271 e. The molecule has 1 amide bonds. The number of nitrogens with zero attached hydrogens (tertiary/aromatic N) is 4. The Hall–Kier alpha value is -3.21. The summed E-state index contributed by atoms with van der Waals surface area (Å²) in [6.07, 6.45) is 6.96. The number of halogens is 1. The van der Waals surface area contributed by atoms with Crippen molar-refractivity contribution in [1.29, 1.82) is 0 Å².